The molecule has 1 aromatic carbocycles. The van der Waals surface area contributed by atoms with Crippen LogP contribution in [0.5, 0.6) is 0 Å². The Balaban J connectivity index is 3.02. The summed E-state index contributed by atoms with van der Waals surface area (Å²) in [6.07, 6.45) is 0. The normalized spacial score (nSPS) is 9.07. The van der Waals surface area contributed by atoms with Gasteiger partial charge in [-0.3, -0.25) is 0 Å². The fourth-order valence-electron chi connectivity index (χ4n) is 1.13. The van der Waals surface area contributed by atoms with E-state index in [0.717, 1.165) is 4.47 Å². The highest BCUT2D eigenvalue weighted by Crippen LogP contribution is 2.28. The van der Waals surface area contributed by atoms with Crippen LogP contribution in [0.4, 0.5) is 5.69 Å². The molecule has 5 heteroatoms. The van der Waals surface area contributed by atoms with E-state index in [9.17, 15) is 0 Å². The van der Waals surface area contributed by atoms with E-state index in [2.05, 4.69) is 15.9 Å². The molecule has 0 atom stereocenters. The van der Waals surface area contributed by atoms with Gasteiger partial charge in [0.25, 0.3) is 0 Å². The van der Waals surface area contributed by atoms with E-state index >= 15 is 0 Å². The van der Waals surface area contributed by atoms with Gasteiger partial charge in [0, 0.05) is 4.47 Å². The molecule has 0 saturated heterocycles. The van der Waals surface area contributed by atoms with Crippen LogP contribution in [-0.2, 0) is 0 Å². The molecule has 0 aliphatic carbocycles. The second-order valence-corrected chi connectivity index (χ2v) is 4.09. The van der Waals surface area contributed by atoms with Gasteiger partial charge in [0.15, 0.2) is 0 Å². The Hall–Kier alpha value is -1.23. The zero-order chi connectivity index (χ0) is 11.3. The predicted molar refractivity (Wildman–Crippen MR) is 62.6 cm³/mol. The standard InChI is InChI=1S/C10H7BrClN3/c11-8-1-2-10(9(12)7-8)15(5-3-13)6-4-14/h1-2,7H,5-6H2. The van der Waals surface area contributed by atoms with E-state index in [4.69, 9.17) is 22.1 Å². The van der Waals surface area contributed by atoms with Crippen LogP contribution in [0.2, 0.25) is 5.02 Å². The van der Waals surface area contributed by atoms with Gasteiger partial charge in [-0.15, -0.1) is 0 Å². The summed E-state index contributed by atoms with van der Waals surface area (Å²) in [5.41, 5.74) is 0.697. The highest BCUT2D eigenvalue weighted by Gasteiger charge is 2.09. The van der Waals surface area contributed by atoms with E-state index in [0.29, 0.717) is 10.7 Å². The largest absolute Gasteiger partial charge is 0.344 e. The molecule has 0 heterocycles. The van der Waals surface area contributed by atoms with E-state index in [-0.39, 0.29) is 13.1 Å². The van der Waals surface area contributed by atoms with E-state index < -0.39 is 0 Å². The fourth-order valence-corrected chi connectivity index (χ4v) is 1.93. The Labute approximate surface area is 102 Å². The average molecular weight is 285 g/mol. The molecule has 0 N–H and O–H groups in total. The first-order chi connectivity index (χ1) is 7.19. The van der Waals surface area contributed by atoms with Crippen molar-refractivity contribution in [2.75, 3.05) is 18.0 Å². The van der Waals surface area contributed by atoms with Gasteiger partial charge in [-0.2, -0.15) is 10.5 Å². The minimum atomic E-state index is 0.148. The molecule has 0 amide bonds. The zero-order valence-corrected chi connectivity index (χ0v) is 10.1. The van der Waals surface area contributed by atoms with Gasteiger partial charge in [0.1, 0.15) is 13.1 Å². The minimum Gasteiger partial charge on any atom is -0.344 e. The molecule has 0 bridgehead atoms. The molecule has 0 aliphatic rings. The molecule has 0 radical (unpaired) electrons. The van der Waals surface area contributed by atoms with Gasteiger partial charge in [-0.25, -0.2) is 0 Å². The van der Waals surface area contributed by atoms with E-state index in [1.165, 1.54) is 0 Å². The van der Waals surface area contributed by atoms with Crippen molar-refractivity contribution in [1.82, 2.24) is 0 Å². The van der Waals surface area contributed by atoms with Crippen LogP contribution >= 0.6 is 27.5 Å². The lowest BCUT2D eigenvalue weighted by Gasteiger charge is -2.19. The van der Waals surface area contributed by atoms with Crippen molar-refractivity contribution in [2.24, 2.45) is 0 Å². The maximum atomic E-state index is 8.62. The van der Waals surface area contributed by atoms with E-state index in [1.54, 1.807) is 17.0 Å². The summed E-state index contributed by atoms with van der Waals surface area (Å²) >= 11 is 9.30. The number of rotatable bonds is 3. The molecule has 1 aromatic rings. The Morgan fingerprint density at radius 2 is 1.87 bits per heavy atom. The highest BCUT2D eigenvalue weighted by molar-refractivity contribution is 9.10. The van der Waals surface area contributed by atoms with Crippen LogP contribution < -0.4 is 4.90 Å². The van der Waals surface area contributed by atoms with E-state index in [1.807, 2.05) is 18.2 Å². The quantitative estimate of drug-likeness (QED) is 0.802. The number of nitrogens with zero attached hydrogens (tertiary/aromatic N) is 3. The van der Waals surface area contributed by atoms with Crippen LogP contribution in [0.3, 0.4) is 0 Å². The molecule has 0 aliphatic heterocycles. The van der Waals surface area contributed by atoms with Crippen molar-refractivity contribution < 1.29 is 0 Å². The van der Waals surface area contributed by atoms with Crippen LogP contribution in [0.15, 0.2) is 22.7 Å². The number of anilines is 1. The Bertz CT molecular complexity index is 417. The predicted octanol–water partition coefficient (Wildman–Crippen LogP) is 2.96. The number of hydrogen-bond acceptors (Lipinski definition) is 3. The van der Waals surface area contributed by atoms with Crippen molar-refractivity contribution in [3.63, 3.8) is 0 Å². The molecule has 3 nitrogen and oxygen atoms in total. The number of halogens is 2. The summed E-state index contributed by atoms with van der Waals surface area (Å²) in [5.74, 6) is 0. The number of nitriles is 2. The lowest BCUT2D eigenvalue weighted by molar-refractivity contribution is 0.966. The van der Waals surface area contributed by atoms with Gasteiger partial charge >= 0.3 is 0 Å². The first-order valence-corrected chi connectivity index (χ1v) is 5.30. The minimum absolute atomic E-state index is 0.148. The molecular weight excluding hydrogens is 277 g/mol. The van der Waals surface area contributed by atoms with Crippen LogP contribution in [-0.4, -0.2) is 13.1 Å². The maximum Gasteiger partial charge on any atom is 0.107 e. The van der Waals surface area contributed by atoms with Crippen molar-refractivity contribution in [3.8, 4) is 12.1 Å². The highest BCUT2D eigenvalue weighted by atomic mass is 79.9. The molecule has 0 fully saturated rings. The SMILES string of the molecule is N#CCN(CC#N)c1ccc(Br)cc1Cl. The molecule has 15 heavy (non-hydrogen) atoms. The third-order valence-electron chi connectivity index (χ3n) is 1.77. The zero-order valence-electron chi connectivity index (χ0n) is 7.74. The third kappa shape index (κ3) is 3.13. The molecule has 0 unspecified atom stereocenters. The summed E-state index contributed by atoms with van der Waals surface area (Å²) in [5, 5.41) is 17.8. The van der Waals surface area contributed by atoms with Gasteiger partial charge < -0.3 is 4.90 Å². The van der Waals surface area contributed by atoms with Crippen LogP contribution in [0.25, 0.3) is 0 Å². The molecular formula is C10H7BrClN3. The van der Waals surface area contributed by atoms with Crippen molar-refractivity contribution in [2.45, 2.75) is 0 Å². The summed E-state index contributed by atoms with van der Waals surface area (Å²) in [6, 6.07) is 9.33. The molecule has 0 spiro atoms. The van der Waals surface area contributed by atoms with Gasteiger partial charge in [0.2, 0.25) is 0 Å². The molecule has 0 aromatic heterocycles. The second-order valence-electron chi connectivity index (χ2n) is 2.77. The lowest BCUT2D eigenvalue weighted by Crippen LogP contribution is -2.23. The smallest absolute Gasteiger partial charge is 0.107 e. The maximum absolute atomic E-state index is 8.62. The van der Waals surface area contributed by atoms with Crippen molar-refractivity contribution in [1.29, 1.82) is 10.5 Å². The van der Waals surface area contributed by atoms with Crippen LogP contribution in [0, 0.1) is 22.7 Å². The molecule has 1 rings (SSSR count). The van der Waals surface area contributed by atoms with Crippen molar-refractivity contribution >= 4 is 33.2 Å². The summed E-state index contributed by atoms with van der Waals surface area (Å²) < 4.78 is 0.866. The number of hydrogen-bond donors (Lipinski definition) is 0. The van der Waals surface area contributed by atoms with Crippen LogP contribution in [0.1, 0.15) is 0 Å². The third-order valence-corrected chi connectivity index (χ3v) is 2.57. The topological polar surface area (TPSA) is 50.8 Å². The fraction of sp³-hybridized carbons (Fsp3) is 0.200. The Kier molecular flexibility index (Phi) is 4.42. The first kappa shape index (κ1) is 11.8. The monoisotopic (exact) mass is 283 g/mol. The van der Waals surface area contributed by atoms with Gasteiger partial charge in [-0.05, 0) is 18.2 Å². The first-order valence-electron chi connectivity index (χ1n) is 4.13. The molecule has 76 valence electrons. The average Bonchev–Trinajstić information content (AvgIpc) is 2.17. The lowest BCUT2D eigenvalue weighted by atomic mass is 10.3. The number of benzene rings is 1. The summed E-state index contributed by atoms with van der Waals surface area (Å²) in [4.78, 5) is 1.62. The Morgan fingerprint density at radius 3 is 2.33 bits per heavy atom. The van der Waals surface area contributed by atoms with Crippen molar-refractivity contribution in [3.05, 3.63) is 27.7 Å². The second kappa shape index (κ2) is 5.60. The summed E-state index contributed by atoms with van der Waals surface area (Å²) in [6.45, 7) is 0.295. The van der Waals surface area contributed by atoms with Gasteiger partial charge in [-0.1, -0.05) is 27.5 Å². The van der Waals surface area contributed by atoms with Gasteiger partial charge in [0.05, 0.1) is 22.8 Å². The molecule has 0 saturated carbocycles. The Morgan fingerprint density at radius 1 is 1.27 bits per heavy atom. The summed E-state index contributed by atoms with van der Waals surface area (Å²) in [7, 11) is 0.